The van der Waals surface area contributed by atoms with Gasteiger partial charge >= 0.3 is 0 Å². The second-order valence-electron chi connectivity index (χ2n) is 5.87. The lowest BCUT2D eigenvalue weighted by molar-refractivity contribution is 0.0335. The predicted octanol–water partition coefficient (Wildman–Crippen LogP) is 2.78. The van der Waals surface area contributed by atoms with Crippen LogP contribution >= 0.6 is 0 Å². The average Bonchev–Trinajstić information content (AvgIpc) is 2.30. The molecule has 1 aliphatic heterocycles. The van der Waals surface area contributed by atoms with Crippen LogP contribution in [0.4, 0.5) is 0 Å². The zero-order valence-corrected chi connectivity index (χ0v) is 11.2. The maximum absolute atomic E-state index is 3.43. The monoisotopic (exact) mass is 224 g/mol. The molecule has 0 aromatic heterocycles. The highest BCUT2D eigenvalue weighted by Gasteiger charge is 2.33. The highest BCUT2D eigenvalue weighted by Crippen LogP contribution is 2.31. The molecule has 2 atom stereocenters. The molecular formula is C14H28N2. The van der Waals surface area contributed by atoms with E-state index in [1.807, 2.05) is 0 Å². The minimum Gasteiger partial charge on any atom is -0.317 e. The van der Waals surface area contributed by atoms with Crippen LogP contribution in [0, 0.1) is 0 Å². The van der Waals surface area contributed by atoms with Gasteiger partial charge in [-0.15, -0.1) is 0 Å². The van der Waals surface area contributed by atoms with Gasteiger partial charge in [0.05, 0.1) is 0 Å². The van der Waals surface area contributed by atoms with E-state index in [0.29, 0.717) is 0 Å². The van der Waals surface area contributed by atoms with Gasteiger partial charge in [-0.1, -0.05) is 6.42 Å². The summed E-state index contributed by atoms with van der Waals surface area (Å²) in [7, 11) is 2.11. The third-order valence-corrected chi connectivity index (χ3v) is 4.79. The third kappa shape index (κ3) is 2.60. The highest BCUT2D eigenvalue weighted by molar-refractivity contribution is 4.89. The molecule has 2 aliphatic rings. The van der Waals surface area contributed by atoms with Crippen molar-refractivity contribution >= 4 is 0 Å². The SMILES string of the molecule is CNC1CCC(N2C(C)CCCC2C)CC1. The number of hydrogen-bond acceptors (Lipinski definition) is 2. The van der Waals surface area contributed by atoms with Crippen LogP contribution in [0.2, 0.25) is 0 Å². The standard InChI is InChI=1S/C14H28N2/c1-11-5-4-6-12(2)16(11)14-9-7-13(15-3)8-10-14/h11-15H,4-10H2,1-3H3. The predicted molar refractivity (Wildman–Crippen MR) is 69.7 cm³/mol. The van der Waals surface area contributed by atoms with Gasteiger partial charge in [-0.2, -0.15) is 0 Å². The molecule has 2 rings (SSSR count). The Balaban J connectivity index is 1.91. The van der Waals surface area contributed by atoms with E-state index in [-0.39, 0.29) is 0 Å². The fourth-order valence-electron chi connectivity index (χ4n) is 3.82. The Bertz CT molecular complexity index is 199. The number of piperidine rings is 1. The molecule has 2 nitrogen and oxygen atoms in total. The summed E-state index contributed by atoms with van der Waals surface area (Å²) in [6.45, 7) is 4.86. The smallest absolute Gasteiger partial charge is 0.0102 e. The molecule has 1 N–H and O–H groups in total. The van der Waals surface area contributed by atoms with Crippen LogP contribution < -0.4 is 5.32 Å². The first-order chi connectivity index (χ1) is 7.72. The molecular weight excluding hydrogens is 196 g/mol. The van der Waals surface area contributed by atoms with Crippen molar-refractivity contribution < 1.29 is 0 Å². The summed E-state index contributed by atoms with van der Waals surface area (Å²) in [5, 5.41) is 3.43. The quantitative estimate of drug-likeness (QED) is 0.776. The maximum atomic E-state index is 3.43. The van der Waals surface area contributed by atoms with Crippen molar-refractivity contribution in [2.24, 2.45) is 0 Å². The summed E-state index contributed by atoms with van der Waals surface area (Å²) >= 11 is 0. The minimum absolute atomic E-state index is 0.784. The molecule has 0 aromatic rings. The van der Waals surface area contributed by atoms with Crippen LogP contribution in [0.3, 0.4) is 0 Å². The van der Waals surface area contributed by atoms with Gasteiger partial charge in [0.25, 0.3) is 0 Å². The first kappa shape index (κ1) is 12.4. The molecule has 2 unspecified atom stereocenters. The second-order valence-corrected chi connectivity index (χ2v) is 5.87. The Morgan fingerprint density at radius 1 is 0.875 bits per heavy atom. The third-order valence-electron chi connectivity index (χ3n) is 4.79. The van der Waals surface area contributed by atoms with Crippen molar-refractivity contribution in [1.29, 1.82) is 0 Å². The van der Waals surface area contributed by atoms with E-state index in [2.05, 4.69) is 31.1 Å². The summed E-state index contributed by atoms with van der Waals surface area (Å²) < 4.78 is 0. The molecule has 1 saturated heterocycles. The summed E-state index contributed by atoms with van der Waals surface area (Å²) in [5.41, 5.74) is 0. The van der Waals surface area contributed by atoms with Gasteiger partial charge in [0.15, 0.2) is 0 Å². The number of likely N-dealkylation sites (tertiary alicyclic amines) is 1. The van der Waals surface area contributed by atoms with Crippen molar-refractivity contribution in [2.75, 3.05) is 7.05 Å². The Kier molecular flexibility index (Phi) is 4.26. The van der Waals surface area contributed by atoms with Gasteiger partial charge in [-0.25, -0.2) is 0 Å². The maximum Gasteiger partial charge on any atom is 0.0102 e. The van der Waals surface area contributed by atoms with Crippen LogP contribution in [0.25, 0.3) is 0 Å². The van der Waals surface area contributed by atoms with Crippen molar-refractivity contribution in [1.82, 2.24) is 10.2 Å². The van der Waals surface area contributed by atoms with E-state index in [4.69, 9.17) is 0 Å². The molecule has 0 bridgehead atoms. The second kappa shape index (κ2) is 5.50. The van der Waals surface area contributed by atoms with Crippen LogP contribution in [-0.4, -0.2) is 36.1 Å². The Morgan fingerprint density at radius 3 is 1.94 bits per heavy atom. The molecule has 0 amide bonds. The normalized spacial score (nSPS) is 42.2. The lowest BCUT2D eigenvalue weighted by Gasteiger charge is -2.46. The Hall–Kier alpha value is -0.0800. The van der Waals surface area contributed by atoms with E-state index < -0.39 is 0 Å². The number of nitrogens with zero attached hydrogens (tertiary/aromatic N) is 1. The molecule has 0 spiro atoms. The minimum atomic E-state index is 0.784. The van der Waals surface area contributed by atoms with Gasteiger partial charge in [0, 0.05) is 24.2 Å². The van der Waals surface area contributed by atoms with Crippen LogP contribution in [0.15, 0.2) is 0 Å². The van der Waals surface area contributed by atoms with Crippen molar-refractivity contribution in [3.63, 3.8) is 0 Å². The number of nitrogens with one attached hydrogen (secondary N) is 1. The van der Waals surface area contributed by atoms with E-state index in [1.54, 1.807) is 0 Å². The molecule has 1 saturated carbocycles. The zero-order chi connectivity index (χ0) is 11.5. The first-order valence-electron chi connectivity index (χ1n) is 7.17. The Morgan fingerprint density at radius 2 is 1.44 bits per heavy atom. The first-order valence-corrected chi connectivity index (χ1v) is 7.17. The van der Waals surface area contributed by atoms with Crippen LogP contribution in [0.1, 0.15) is 58.8 Å². The van der Waals surface area contributed by atoms with Gasteiger partial charge in [0.1, 0.15) is 0 Å². The molecule has 0 radical (unpaired) electrons. The molecule has 94 valence electrons. The van der Waals surface area contributed by atoms with Gasteiger partial charge < -0.3 is 5.32 Å². The fraction of sp³-hybridized carbons (Fsp3) is 1.00. The largest absolute Gasteiger partial charge is 0.317 e. The molecule has 1 aliphatic carbocycles. The van der Waals surface area contributed by atoms with Gasteiger partial charge in [0.2, 0.25) is 0 Å². The van der Waals surface area contributed by atoms with Gasteiger partial charge in [-0.05, 0) is 59.4 Å². The lowest BCUT2D eigenvalue weighted by Crippen LogP contribution is -2.51. The van der Waals surface area contributed by atoms with E-state index in [9.17, 15) is 0 Å². The summed E-state index contributed by atoms with van der Waals surface area (Å²) in [6.07, 6.45) is 9.81. The summed E-state index contributed by atoms with van der Waals surface area (Å²) in [6, 6.07) is 3.29. The number of hydrogen-bond donors (Lipinski definition) is 1. The molecule has 1 heterocycles. The van der Waals surface area contributed by atoms with Crippen LogP contribution in [-0.2, 0) is 0 Å². The van der Waals surface area contributed by atoms with E-state index in [0.717, 1.165) is 24.2 Å². The van der Waals surface area contributed by atoms with Crippen molar-refractivity contribution in [3.8, 4) is 0 Å². The molecule has 0 aromatic carbocycles. The molecule has 2 fully saturated rings. The average molecular weight is 224 g/mol. The molecule has 16 heavy (non-hydrogen) atoms. The molecule has 2 heteroatoms. The van der Waals surface area contributed by atoms with Crippen LogP contribution in [0.5, 0.6) is 0 Å². The summed E-state index contributed by atoms with van der Waals surface area (Å²) in [5.74, 6) is 0. The summed E-state index contributed by atoms with van der Waals surface area (Å²) in [4.78, 5) is 2.83. The topological polar surface area (TPSA) is 15.3 Å². The number of rotatable bonds is 2. The van der Waals surface area contributed by atoms with Gasteiger partial charge in [-0.3, -0.25) is 4.90 Å². The fourth-order valence-corrected chi connectivity index (χ4v) is 3.82. The van der Waals surface area contributed by atoms with E-state index >= 15 is 0 Å². The highest BCUT2D eigenvalue weighted by atomic mass is 15.2. The van der Waals surface area contributed by atoms with Crippen molar-refractivity contribution in [3.05, 3.63) is 0 Å². The lowest BCUT2D eigenvalue weighted by atomic mass is 9.86. The zero-order valence-electron chi connectivity index (χ0n) is 11.2. The Labute approximate surface area is 101 Å². The van der Waals surface area contributed by atoms with E-state index in [1.165, 1.54) is 44.9 Å². The van der Waals surface area contributed by atoms with Crippen molar-refractivity contribution in [2.45, 2.75) is 83.0 Å².